The number of anilines is 1. The quantitative estimate of drug-likeness (QED) is 0.437. The van der Waals surface area contributed by atoms with Gasteiger partial charge in [-0.3, -0.25) is 9.80 Å². The summed E-state index contributed by atoms with van der Waals surface area (Å²) in [6.45, 7) is 9.86. The molecule has 1 aliphatic carbocycles. The van der Waals surface area contributed by atoms with Crippen LogP contribution in [0.25, 0.3) is 0 Å². The molecule has 1 saturated carbocycles. The minimum atomic E-state index is -0.0568. The molecule has 9 heteroatoms. The lowest BCUT2D eigenvalue weighted by Gasteiger charge is -2.28. The molecule has 1 saturated heterocycles. The van der Waals surface area contributed by atoms with Crippen molar-refractivity contribution in [2.24, 2.45) is 5.92 Å². The number of rotatable bonds is 12. The summed E-state index contributed by atoms with van der Waals surface area (Å²) >= 11 is 0. The third kappa shape index (κ3) is 7.36. The Bertz CT molecular complexity index is 953. The molecular weight excluding hydrogens is 456 g/mol. The molecule has 2 heterocycles. The summed E-state index contributed by atoms with van der Waals surface area (Å²) in [5.74, 6) is 1.91. The van der Waals surface area contributed by atoms with E-state index >= 15 is 0 Å². The zero-order chi connectivity index (χ0) is 25.2. The lowest BCUT2D eigenvalue weighted by molar-refractivity contribution is 0.188. The van der Waals surface area contributed by atoms with Crippen LogP contribution in [-0.2, 0) is 6.54 Å². The SMILES string of the molecule is COc1cc(N(CC2CCCC2)C(=O)NCCCn2cncc2C)ccc1OCCN1CCNCC1. The minimum Gasteiger partial charge on any atom is -0.493 e. The molecule has 198 valence electrons. The number of ether oxygens (including phenoxy) is 2. The zero-order valence-electron chi connectivity index (χ0n) is 21.9. The maximum absolute atomic E-state index is 13.3. The number of urea groups is 1. The van der Waals surface area contributed by atoms with Gasteiger partial charge in [-0.25, -0.2) is 9.78 Å². The van der Waals surface area contributed by atoms with Gasteiger partial charge in [-0.1, -0.05) is 12.8 Å². The van der Waals surface area contributed by atoms with E-state index in [2.05, 4.69) is 25.1 Å². The average Bonchev–Trinajstić information content (AvgIpc) is 3.57. The lowest BCUT2D eigenvalue weighted by atomic mass is 10.1. The summed E-state index contributed by atoms with van der Waals surface area (Å²) in [5, 5.41) is 6.50. The summed E-state index contributed by atoms with van der Waals surface area (Å²) < 4.78 is 13.8. The molecule has 0 bridgehead atoms. The van der Waals surface area contributed by atoms with Crippen LogP contribution >= 0.6 is 0 Å². The maximum Gasteiger partial charge on any atom is 0.321 e. The third-order valence-electron chi connectivity index (χ3n) is 7.27. The zero-order valence-corrected chi connectivity index (χ0v) is 21.9. The van der Waals surface area contributed by atoms with Crippen molar-refractivity contribution in [1.82, 2.24) is 25.1 Å². The molecule has 36 heavy (non-hydrogen) atoms. The molecule has 2 amide bonds. The van der Waals surface area contributed by atoms with Crippen molar-refractivity contribution in [2.45, 2.75) is 45.6 Å². The van der Waals surface area contributed by atoms with Gasteiger partial charge in [-0.05, 0) is 44.2 Å². The Morgan fingerprint density at radius 3 is 2.72 bits per heavy atom. The number of aryl methyl sites for hydroxylation is 2. The summed E-state index contributed by atoms with van der Waals surface area (Å²) in [4.78, 5) is 21.8. The van der Waals surface area contributed by atoms with Gasteiger partial charge in [-0.2, -0.15) is 0 Å². The number of hydrogen-bond donors (Lipinski definition) is 2. The van der Waals surface area contributed by atoms with Gasteiger partial charge in [0.15, 0.2) is 11.5 Å². The molecule has 2 fully saturated rings. The van der Waals surface area contributed by atoms with Crippen molar-refractivity contribution in [2.75, 3.05) is 64.4 Å². The van der Waals surface area contributed by atoms with E-state index in [0.717, 1.165) is 63.6 Å². The molecule has 4 rings (SSSR count). The second kappa shape index (κ2) is 13.5. The fourth-order valence-corrected chi connectivity index (χ4v) is 5.08. The predicted molar refractivity (Wildman–Crippen MR) is 142 cm³/mol. The normalized spacial score (nSPS) is 16.7. The van der Waals surface area contributed by atoms with E-state index in [-0.39, 0.29) is 6.03 Å². The van der Waals surface area contributed by atoms with E-state index in [0.29, 0.717) is 30.6 Å². The standard InChI is InChI=1S/C27H42N6O3/c1-22-19-29-21-32(22)13-5-10-30-27(34)33(20-23-6-3-4-7-23)24-8-9-25(26(18-24)35-2)36-17-16-31-14-11-28-12-15-31/h8-9,18-19,21,23,28H,3-7,10-17,20H2,1-2H3,(H,30,34). The van der Waals surface area contributed by atoms with Gasteiger partial charge in [0.05, 0.1) is 13.4 Å². The van der Waals surface area contributed by atoms with Crippen molar-refractivity contribution < 1.29 is 14.3 Å². The van der Waals surface area contributed by atoms with E-state index in [1.54, 1.807) is 7.11 Å². The van der Waals surface area contributed by atoms with Gasteiger partial charge in [0.1, 0.15) is 6.61 Å². The van der Waals surface area contributed by atoms with Gasteiger partial charge in [0, 0.05) is 76.0 Å². The Morgan fingerprint density at radius 1 is 1.19 bits per heavy atom. The van der Waals surface area contributed by atoms with Crippen molar-refractivity contribution in [3.8, 4) is 11.5 Å². The molecule has 2 N–H and O–H groups in total. The van der Waals surface area contributed by atoms with E-state index < -0.39 is 0 Å². The molecule has 0 atom stereocenters. The summed E-state index contributed by atoms with van der Waals surface area (Å²) in [6.07, 6.45) is 9.38. The van der Waals surface area contributed by atoms with Crippen LogP contribution in [0.4, 0.5) is 10.5 Å². The number of nitrogens with one attached hydrogen (secondary N) is 2. The van der Waals surface area contributed by atoms with Crippen LogP contribution in [0.5, 0.6) is 11.5 Å². The van der Waals surface area contributed by atoms with Crippen LogP contribution in [0.3, 0.4) is 0 Å². The van der Waals surface area contributed by atoms with Crippen LogP contribution in [0.2, 0.25) is 0 Å². The first-order valence-electron chi connectivity index (χ1n) is 13.4. The molecule has 0 spiro atoms. The fraction of sp³-hybridized carbons (Fsp3) is 0.630. The van der Waals surface area contributed by atoms with Gasteiger partial charge < -0.3 is 24.7 Å². The first-order chi connectivity index (χ1) is 17.6. The Kier molecular flexibility index (Phi) is 9.86. The summed E-state index contributed by atoms with van der Waals surface area (Å²) in [6, 6.07) is 5.79. The molecule has 0 unspecified atom stereocenters. The van der Waals surface area contributed by atoms with Gasteiger partial charge in [0.25, 0.3) is 0 Å². The van der Waals surface area contributed by atoms with Crippen molar-refractivity contribution >= 4 is 11.7 Å². The largest absolute Gasteiger partial charge is 0.493 e. The van der Waals surface area contributed by atoms with E-state index in [1.807, 2.05) is 42.5 Å². The number of hydrogen-bond acceptors (Lipinski definition) is 6. The topological polar surface area (TPSA) is 83.9 Å². The second-order valence-electron chi connectivity index (χ2n) is 9.85. The van der Waals surface area contributed by atoms with Crippen LogP contribution in [0, 0.1) is 12.8 Å². The smallest absolute Gasteiger partial charge is 0.321 e. The number of methoxy groups -OCH3 is 1. The van der Waals surface area contributed by atoms with Crippen LogP contribution < -0.4 is 25.0 Å². The van der Waals surface area contributed by atoms with Crippen molar-refractivity contribution in [3.05, 3.63) is 36.4 Å². The van der Waals surface area contributed by atoms with E-state index in [4.69, 9.17) is 9.47 Å². The van der Waals surface area contributed by atoms with Crippen LogP contribution in [0.1, 0.15) is 37.8 Å². The lowest BCUT2D eigenvalue weighted by Crippen LogP contribution is -2.44. The Hall–Kier alpha value is -2.78. The number of aromatic nitrogens is 2. The van der Waals surface area contributed by atoms with Crippen LogP contribution in [-0.4, -0.2) is 80.0 Å². The summed E-state index contributed by atoms with van der Waals surface area (Å²) in [5.41, 5.74) is 1.97. The van der Waals surface area contributed by atoms with Gasteiger partial charge in [0.2, 0.25) is 0 Å². The molecule has 2 aliphatic rings. The maximum atomic E-state index is 13.3. The average molecular weight is 499 g/mol. The Labute approximate surface area is 215 Å². The molecule has 0 radical (unpaired) electrons. The molecule has 2 aromatic rings. The molecule has 1 aliphatic heterocycles. The minimum absolute atomic E-state index is 0.0568. The Balaban J connectivity index is 1.36. The predicted octanol–water partition coefficient (Wildman–Crippen LogP) is 3.28. The van der Waals surface area contributed by atoms with Gasteiger partial charge in [-0.15, -0.1) is 0 Å². The number of piperazine rings is 1. The third-order valence-corrected chi connectivity index (χ3v) is 7.27. The number of carbonyl (C=O) groups excluding carboxylic acids is 1. The molecule has 9 nitrogen and oxygen atoms in total. The second-order valence-corrected chi connectivity index (χ2v) is 9.85. The number of carbonyl (C=O) groups is 1. The highest BCUT2D eigenvalue weighted by Gasteiger charge is 2.24. The Morgan fingerprint density at radius 2 is 2.00 bits per heavy atom. The number of benzene rings is 1. The van der Waals surface area contributed by atoms with Crippen molar-refractivity contribution in [1.29, 1.82) is 0 Å². The first-order valence-corrected chi connectivity index (χ1v) is 13.4. The number of amides is 2. The molecule has 1 aromatic carbocycles. The van der Waals surface area contributed by atoms with E-state index in [1.165, 1.54) is 25.7 Å². The fourth-order valence-electron chi connectivity index (χ4n) is 5.08. The monoisotopic (exact) mass is 498 g/mol. The first kappa shape index (κ1) is 26.3. The highest BCUT2D eigenvalue weighted by molar-refractivity contribution is 5.92. The van der Waals surface area contributed by atoms with E-state index in [9.17, 15) is 4.79 Å². The van der Waals surface area contributed by atoms with Gasteiger partial charge >= 0.3 is 6.03 Å². The number of imidazole rings is 1. The molecule has 1 aromatic heterocycles. The highest BCUT2D eigenvalue weighted by atomic mass is 16.5. The highest BCUT2D eigenvalue weighted by Crippen LogP contribution is 2.34. The van der Waals surface area contributed by atoms with Crippen molar-refractivity contribution in [3.63, 3.8) is 0 Å². The molecular formula is C27H42N6O3. The number of nitrogens with zero attached hydrogens (tertiary/aromatic N) is 4. The van der Waals surface area contributed by atoms with Crippen LogP contribution in [0.15, 0.2) is 30.7 Å². The summed E-state index contributed by atoms with van der Waals surface area (Å²) in [7, 11) is 1.65.